The van der Waals surface area contributed by atoms with Gasteiger partial charge in [-0.25, -0.2) is 0 Å². The molecule has 76 valence electrons. The van der Waals surface area contributed by atoms with E-state index in [1.54, 1.807) is 0 Å². The number of furan rings is 1. The molecule has 1 aromatic heterocycles. The summed E-state index contributed by atoms with van der Waals surface area (Å²) in [7, 11) is 0. The van der Waals surface area contributed by atoms with E-state index < -0.39 is 0 Å². The van der Waals surface area contributed by atoms with Gasteiger partial charge >= 0.3 is 0 Å². The normalized spacial score (nSPS) is 21.9. The minimum atomic E-state index is -0.248. The van der Waals surface area contributed by atoms with E-state index in [-0.39, 0.29) is 11.9 Å². The van der Waals surface area contributed by atoms with Gasteiger partial charge < -0.3 is 10.2 Å². The van der Waals surface area contributed by atoms with Gasteiger partial charge in [-0.05, 0) is 34.5 Å². The fraction of sp³-hybridized carbons (Fsp3) is 0.444. The molecule has 1 unspecified atom stereocenters. The highest BCUT2D eigenvalue weighted by atomic mass is 79.9. The third kappa shape index (κ3) is 1.83. The first-order chi connectivity index (χ1) is 6.66. The Hall–Kier alpha value is -0.810. The number of nitrogens with zero attached hydrogens (tertiary/aromatic N) is 1. The van der Waals surface area contributed by atoms with Crippen LogP contribution in [0.2, 0.25) is 0 Å². The summed E-state index contributed by atoms with van der Waals surface area (Å²) in [6.07, 6.45) is 0.858. The Bertz CT molecular complexity index is 350. The first kappa shape index (κ1) is 9.73. The van der Waals surface area contributed by atoms with E-state index in [4.69, 9.17) is 10.2 Å². The minimum Gasteiger partial charge on any atom is -0.453 e. The highest BCUT2D eigenvalue weighted by molar-refractivity contribution is 9.10. The number of carbonyl (C=O) groups excluding carboxylic acids is 1. The van der Waals surface area contributed by atoms with Crippen molar-refractivity contribution in [2.45, 2.75) is 19.0 Å². The predicted octanol–water partition coefficient (Wildman–Crippen LogP) is 1.10. The van der Waals surface area contributed by atoms with Crippen molar-refractivity contribution in [1.29, 1.82) is 0 Å². The monoisotopic (exact) mass is 258 g/mol. The highest BCUT2D eigenvalue weighted by Crippen LogP contribution is 2.22. The van der Waals surface area contributed by atoms with Gasteiger partial charge in [0, 0.05) is 6.54 Å². The SMILES string of the molecule is NC(=O)C1CCN1Cc1ccc(Br)o1. The molecule has 0 aliphatic carbocycles. The van der Waals surface area contributed by atoms with Crippen LogP contribution in [0.15, 0.2) is 21.2 Å². The second-order valence-corrected chi connectivity index (χ2v) is 4.16. The van der Waals surface area contributed by atoms with Crippen molar-refractivity contribution < 1.29 is 9.21 Å². The number of rotatable bonds is 3. The highest BCUT2D eigenvalue weighted by Gasteiger charge is 2.32. The number of hydrogen-bond acceptors (Lipinski definition) is 3. The molecule has 1 amide bonds. The molecule has 14 heavy (non-hydrogen) atoms. The quantitative estimate of drug-likeness (QED) is 0.884. The lowest BCUT2D eigenvalue weighted by atomic mass is 10.0. The summed E-state index contributed by atoms with van der Waals surface area (Å²) in [5, 5.41) is 0. The van der Waals surface area contributed by atoms with E-state index in [9.17, 15) is 4.79 Å². The average Bonchev–Trinajstić information content (AvgIpc) is 2.44. The molecule has 0 radical (unpaired) electrons. The summed E-state index contributed by atoms with van der Waals surface area (Å²) in [4.78, 5) is 12.9. The Morgan fingerprint density at radius 1 is 1.71 bits per heavy atom. The van der Waals surface area contributed by atoms with Gasteiger partial charge in [0.25, 0.3) is 0 Å². The summed E-state index contributed by atoms with van der Waals surface area (Å²) < 4.78 is 6.05. The predicted molar refractivity (Wildman–Crippen MR) is 54.4 cm³/mol. The molecule has 1 saturated heterocycles. The zero-order valence-corrected chi connectivity index (χ0v) is 9.16. The Morgan fingerprint density at radius 3 is 2.93 bits per heavy atom. The van der Waals surface area contributed by atoms with Crippen LogP contribution in [0.5, 0.6) is 0 Å². The van der Waals surface area contributed by atoms with E-state index in [0.717, 1.165) is 18.7 Å². The van der Waals surface area contributed by atoms with Crippen molar-refractivity contribution in [3.8, 4) is 0 Å². The molecule has 1 fully saturated rings. The van der Waals surface area contributed by atoms with Crippen LogP contribution in [0, 0.1) is 0 Å². The Morgan fingerprint density at radius 2 is 2.50 bits per heavy atom. The van der Waals surface area contributed by atoms with Gasteiger partial charge in [0.15, 0.2) is 4.67 Å². The lowest BCUT2D eigenvalue weighted by molar-refractivity contribution is -0.128. The van der Waals surface area contributed by atoms with Crippen molar-refractivity contribution in [3.05, 3.63) is 22.6 Å². The first-order valence-corrected chi connectivity index (χ1v) is 5.23. The lowest BCUT2D eigenvalue weighted by Crippen LogP contribution is -2.54. The van der Waals surface area contributed by atoms with Gasteiger partial charge in [0.2, 0.25) is 5.91 Å². The van der Waals surface area contributed by atoms with Crippen molar-refractivity contribution >= 4 is 21.8 Å². The molecular formula is C9H11BrN2O2. The van der Waals surface area contributed by atoms with Crippen molar-refractivity contribution in [2.24, 2.45) is 5.73 Å². The van der Waals surface area contributed by atoms with Gasteiger partial charge in [-0.15, -0.1) is 0 Å². The van der Waals surface area contributed by atoms with E-state index in [0.29, 0.717) is 11.2 Å². The lowest BCUT2D eigenvalue weighted by Gasteiger charge is -2.37. The number of nitrogens with two attached hydrogens (primary N) is 1. The third-order valence-electron chi connectivity index (χ3n) is 2.45. The molecule has 1 aromatic rings. The third-order valence-corrected chi connectivity index (χ3v) is 2.87. The Labute approximate surface area is 90.2 Å². The van der Waals surface area contributed by atoms with Crippen LogP contribution in [-0.2, 0) is 11.3 Å². The smallest absolute Gasteiger partial charge is 0.234 e. The molecule has 4 nitrogen and oxygen atoms in total. The van der Waals surface area contributed by atoms with Gasteiger partial charge in [-0.3, -0.25) is 9.69 Å². The second kappa shape index (κ2) is 3.74. The summed E-state index contributed by atoms with van der Waals surface area (Å²) in [6.45, 7) is 1.56. The topological polar surface area (TPSA) is 59.5 Å². The number of carbonyl (C=O) groups is 1. The summed E-state index contributed by atoms with van der Waals surface area (Å²) >= 11 is 3.23. The average molecular weight is 259 g/mol. The van der Waals surface area contributed by atoms with Crippen LogP contribution in [-0.4, -0.2) is 23.4 Å². The standard InChI is InChI=1S/C9H11BrN2O2/c10-8-2-1-6(14-8)5-12-4-3-7(12)9(11)13/h1-2,7H,3-5H2,(H2,11,13). The largest absolute Gasteiger partial charge is 0.453 e. The van der Waals surface area contributed by atoms with Crippen molar-refractivity contribution in [3.63, 3.8) is 0 Å². The number of likely N-dealkylation sites (tertiary alicyclic amines) is 1. The molecule has 2 N–H and O–H groups in total. The van der Waals surface area contributed by atoms with Crippen LogP contribution in [0.1, 0.15) is 12.2 Å². The Kier molecular flexibility index (Phi) is 2.60. The first-order valence-electron chi connectivity index (χ1n) is 4.44. The van der Waals surface area contributed by atoms with Crippen LogP contribution in [0.25, 0.3) is 0 Å². The number of halogens is 1. The molecule has 2 rings (SSSR count). The molecule has 1 atom stereocenters. The molecule has 1 aliphatic heterocycles. The molecule has 0 spiro atoms. The molecule has 1 aliphatic rings. The number of primary amides is 1. The maximum Gasteiger partial charge on any atom is 0.234 e. The maximum absolute atomic E-state index is 10.9. The van der Waals surface area contributed by atoms with E-state index in [2.05, 4.69) is 15.9 Å². The van der Waals surface area contributed by atoms with Crippen LogP contribution < -0.4 is 5.73 Å². The second-order valence-electron chi connectivity index (χ2n) is 3.38. The van der Waals surface area contributed by atoms with Gasteiger partial charge in [0.05, 0.1) is 12.6 Å². The Balaban J connectivity index is 1.95. The van der Waals surface area contributed by atoms with Crippen LogP contribution in [0.3, 0.4) is 0 Å². The molecular weight excluding hydrogens is 248 g/mol. The molecule has 5 heteroatoms. The number of amides is 1. The van der Waals surface area contributed by atoms with Gasteiger partial charge in [-0.1, -0.05) is 0 Å². The fourth-order valence-corrected chi connectivity index (χ4v) is 1.93. The summed E-state index contributed by atoms with van der Waals surface area (Å²) in [6, 6.07) is 3.62. The van der Waals surface area contributed by atoms with E-state index in [1.165, 1.54) is 0 Å². The number of hydrogen-bond donors (Lipinski definition) is 1. The molecule has 2 heterocycles. The van der Waals surface area contributed by atoms with Crippen LogP contribution >= 0.6 is 15.9 Å². The molecule has 0 aromatic carbocycles. The van der Waals surface area contributed by atoms with Crippen molar-refractivity contribution in [2.75, 3.05) is 6.54 Å². The van der Waals surface area contributed by atoms with E-state index in [1.807, 2.05) is 17.0 Å². The summed E-state index contributed by atoms with van der Waals surface area (Å²) in [5.74, 6) is 0.602. The minimum absolute atomic E-state index is 0.112. The molecule has 0 saturated carbocycles. The summed E-state index contributed by atoms with van der Waals surface area (Å²) in [5.41, 5.74) is 5.23. The van der Waals surface area contributed by atoms with Crippen LogP contribution in [0.4, 0.5) is 0 Å². The van der Waals surface area contributed by atoms with Crippen molar-refractivity contribution in [1.82, 2.24) is 4.90 Å². The fourth-order valence-electron chi connectivity index (χ4n) is 1.59. The molecule has 0 bridgehead atoms. The van der Waals surface area contributed by atoms with E-state index >= 15 is 0 Å². The van der Waals surface area contributed by atoms with Gasteiger partial charge in [-0.2, -0.15) is 0 Å². The zero-order valence-electron chi connectivity index (χ0n) is 7.57. The zero-order chi connectivity index (χ0) is 10.1. The van der Waals surface area contributed by atoms with Gasteiger partial charge in [0.1, 0.15) is 5.76 Å². The maximum atomic E-state index is 10.9.